The zero-order valence-corrected chi connectivity index (χ0v) is 14.4. The van der Waals surface area contributed by atoms with E-state index in [4.69, 9.17) is 10.2 Å². The standard InChI is InChI=1S/C17H23N3O2S/c1-11-3-4-15(22-11)17-19-14(10-23-17)9-16(21)20-7-5-13(6-8-20)12(2)18/h3-4,10,12-13H,5-9,18H2,1-2H3. The molecule has 1 fully saturated rings. The summed E-state index contributed by atoms with van der Waals surface area (Å²) in [6, 6.07) is 4.05. The number of furan rings is 1. The molecule has 0 bridgehead atoms. The van der Waals surface area contributed by atoms with Crippen LogP contribution in [0.2, 0.25) is 0 Å². The summed E-state index contributed by atoms with van der Waals surface area (Å²) in [6.07, 6.45) is 2.35. The zero-order chi connectivity index (χ0) is 16.4. The van der Waals surface area contributed by atoms with Crippen molar-refractivity contribution in [3.8, 4) is 10.8 Å². The van der Waals surface area contributed by atoms with Crippen LogP contribution >= 0.6 is 11.3 Å². The van der Waals surface area contributed by atoms with E-state index >= 15 is 0 Å². The van der Waals surface area contributed by atoms with Gasteiger partial charge in [0.1, 0.15) is 5.76 Å². The van der Waals surface area contributed by atoms with Crippen molar-refractivity contribution in [1.82, 2.24) is 9.88 Å². The molecule has 0 spiro atoms. The fourth-order valence-corrected chi connectivity index (χ4v) is 3.77. The first-order valence-electron chi connectivity index (χ1n) is 8.07. The van der Waals surface area contributed by atoms with Crippen LogP contribution in [0.15, 0.2) is 21.9 Å². The molecule has 1 aliphatic rings. The minimum absolute atomic E-state index is 0.153. The topological polar surface area (TPSA) is 72.4 Å². The molecule has 2 aromatic rings. The number of amides is 1. The van der Waals surface area contributed by atoms with E-state index in [2.05, 4.69) is 11.9 Å². The summed E-state index contributed by atoms with van der Waals surface area (Å²) < 4.78 is 5.58. The number of aromatic nitrogens is 1. The van der Waals surface area contributed by atoms with Crippen molar-refractivity contribution in [1.29, 1.82) is 0 Å². The van der Waals surface area contributed by atoms with Crippen LogP contribution in [0.1, 0.15) is 31.2 Å². The van der Waals surface area contributed by atoms with E-state index in [9.17, 15) is 4.79 Å². The summed E-state index contributed by atoms with van der Waals surface area (Å²) in [5, 5.41) is 2.77. The lowest BCUT2D eigenvalue weighted by molar-refractivity contribution is -0.132. The molecule has 2 aromatic heterocycles. The van der Waals surface area contributed by atoms with Gasteiger partial charge < -0.3 is 15.1 Å². The van der Waals surface area contributed by atoms with Gasteiger partial charge in [-0.3, -0.25) is 4.79 Å². The number of nitrogens with zero attached hydrogens (tertiary/aromatic N) is 2. The Labute approximate surface area is 140 Å². The van der Waals surface area contributed by atoms with E-state index in [0.717, 1.165) is 48.2 Å². The Bertz CT molecular complexity index is 669. The highest BCUT2D eigenvalue weighted by Crippen LogP contribution is 2.26. The second kappa shape index (κ2) is 6.84. The summed E-state index contributed by atoms with van der Waals surface area (Å²) in [5.74, 6) is 2.32. The van der Waals surface area contributed by atoms with Crippen LogP contribution in [0.4, 0.5) is 0 Å². The van der Waals surface area contributed by atoms with Gasteiger partial charge in [-0.15, -0.1) is 11.3 Å². The third kappa shape index (κ3) is 3.82. The number of nitrogens with two attached hydrogens (primary N) is 1. The molecule has 1 atom stereocenters. The maximum Gasteiger partial charge on any atom is 0.228 e. The molecule has 124 valence electrons. The third-order valence-corrected chi connectivity index (χ3v) is 5.38. The molecule has 3 heterocycles. The summed E-state index contributed by atoms with van der Waals surface area (Å²) >= 11 is 1.52. The molecule has 1 aliphatic heterocycles. The van der Waals surface area contributed by atoms with Gasteiger partial charge in [0.25, 0.3) is 0 Å². The molecular formula is C17H23N3O2S. The summed E-state index contributed by atoms with van der Waals surface area (Å²) in [4.78, 5) is 18.9. The quantitative estimate of drug-likeness (QED) is 0.934. The first-order chi connectivity index (χ1) is 11.0. The van der Waals surface area contributed by atoms with Gasteiger partial charge in [-0.2, -0.15) is 0 Å². The number of piperidine rings is 1. The maximum atomic E-state index is 12.4. The number of carbonyl (C=O) groups excluding carboxylic acids is 1. The smallest absolute Gasteiger partial charge is 0.228 e. The summed E-state index contributed by atoms with van der Waals surface area (Å²) in [7, 11) is 0. The maximum absolute atomic E-state index is 12.4. The number of rotatable bonds is 4. The minimum atomic E-state index is 0.153. The molecule has 1 amide bonds. The van der Waals surface area contributed by atoms with Gasteiger partial charge in [-0.25, -0.2) is 4.98 Å². The molecule has 1 saturated heterocycles. The number of thiazole rings is 1. The molecule has 1 unspecified atom stereocenters. The Morgan fingerprint density at radius 3 is 2.83 bits per heavy atom. The molecule has 2 N–H and O–H groups in total. The van der Waals surface area contributed by atoms with E-state index < -0.39 is 0 Å². The van der Waals surface area contributed by atoms with E-state index in [1.807, 2.05) is 29.3 Å². The number of aryl methyl sites for hydroxylation is 1. The van der Waals surface area contributed by atoms with Crippen molar-refractivity contribution in [2.24, 2.45) is 11.7 Å². The van der Waals surface area contributed by atoms with Crippen LogP contribution in [0, 0.1) is 12.8 Å². The predicted molar refractivity (Wildman–Crippen MR) is 91.2 cm³/mol. The number of likely N-dealkylation sites (tertiary alicyclic amines) is 1. The van der Waals surface area contributed by atoms with Gasteiger partial charge in [0.05, 0.1) is 12.1 Å². The normalized spacial score (nSPS) is 17.4. The van der Waals surface area contributed by atoms with Gasteiger partial charge >= 0.3 is 0 Å². The molecule has 3 rings (SSSR count). The Balaban J connectivity index is 1.58. The molecule has 0 saturated carbocycles. The van der Waals surface area contributed by atoms with Crippen LogP contribution in [-0.2, 0) is 11.2 Å². The van der Waals surface area contributed by atoms with Crippen LogP contribution in [-0.4, -0.2) is 34.9 Å². The van der Waals surface area contributed by atoms with Gasteiger partial charge in [0.15, 0.2) is 10.8 Å². The van der Waals surface area contributed by atoms with Crippen molar-refractivity contribution in [3.63, 3.8) is 0 Å². The van der Waals surface area contributed by atoms with Crippen LogP contribution in [0.25, 0.3) is 10.8 Å². The lowest BCUT2D eigenvalue weighted by atomic mass is 9.91. The van der Waals surface area contributed by atoms with Crippen LogP contribution < -0.4 is 5.73 Å². The first kappa shape index (κ1) is 16.2. The highest BCUT2D eigenvalue weighted by Gasteiger charge is 2.25. The lowest BCUT2D eigenvalue weighted by Gasteiger charge is -2.33. The Hall–Kier alpha value is -1.66. The van der Waals surface area contributed by atoms with E-state index in [0.29, 0.717) is 12.3 Å². The van der Waals surface area contributed by atoms with E-state index in [-0.39, 0.29) is 11.9 Å². The van der Waals surface area contributed by atoms with Crippen molar-refractivity contribution in [3.05, 3.63) is 29.0 Å². The predicted octanol–water partition coefficient (Wildman–Crippen LogP) is 2.84. The van der Waals surface area contributed by atoms with E-state index in [1.165, 1.54) is 11.3 Å². The average Bonchev–Trinajstić information content (AvgIpc) is 3.16. The van der Waals surface area contributed by atoms with Crippen molar-refractivity contribution in [2.45, 2.75) is 39.2 Å². The lowest BCUT2D eigenvalue weighted by Crippen LogP contribution is -2.43. The third-order valence-electron chi connectivity index (χ3n) is 4.47. The van der Waals surface area contributed by atoms with Gasteiger partial charge in [-0.1, -0.05) is 0 Å². The molecule has 0 aromatic carbocycles. The molecule has 23 heavy (non-hydrogen) atoms. The Morgan fingerprint density at radius 2 is 2.22 bits per heavy atom. The van der Waals surface area contributed by atoms with Crippen molar-refractivity contribution >= 4 is 17.2 Å². The summed E-state index contributed by atoms with van der Waals surface area (Å²) in [6.45, 7) is 5.57. The van der Waals surface area contributed by atoms with Crippen molar-refractivity contribution < 1.29 is 9.21 Å². The SMILES string of the molecule is Cc1ccc(-c2nc(CC(=O)N3CCC(C(C)N)CC3)cs2)o1. The van der Waals surface area contributed by atoms with Gasteiger partial charge in [0.2, 0.25) is 5.91 Å². The number of carbonyl (C=O) groups is 1. The Kier molecular flexibility index (Phi) is 4.82. The molecule has 0 radical (unpaired) electrons. The van der Waals surface area contributed by atoms with E-state index in [1.54, 1.807) is 0 Å². The number of hydrogen-bond acceptors (Lipinski definition) is 5. The van der Waals surface area contributed by atoms with Crippen molar-refractivity contribution in [2.75, 3.05) is 13.1 Å². The minimum Gasteiger partial charge on any atom is -0.459 e. The second-order valence-electron chi connectivity index (χ2n) is 6.31. The van der Waals surface area contributed by atoms with Crippen LogP contribution in [0.5, 0.6) is 0 Å². The van der Waals surface area contributed by atoms with Gasteiger partial charge in [-0.05, 0) is 44.7 Å². The average molecular weight is 333 g/mol. The monoisotopic (exact) mass is 333 g/mol. The number of hydrogen-bond donors (Lipinski definition) is 1. The highest BCUT2D eigenvalue weighted by molar-refractivity contribution is 7.13. The van der Waals surface area contributed by atoms with Gasteiger partial charge in [0, 0.05) is 24.5 Å². The molecule has 5 nitrogen and oxygen atoms in total. The fraction of sp³-hybridized carbons (Fsp3) is 0.529. The molecule has 0 aliphatic carbocycles. The highest BCUT2D eigenvalue weighted by atomic mass is 32.1. The molecule has 6 heteroatoms. The second-order valence-corrected chi connectivity index (χ2v) is 7.17. The fourth-order valence-electron chi connectivity index (χ4n) is 2.99. The Morgan fingerprint density at radius 1 is 1.48 bits per heavy atom. The summed E-state index contributed by atoms with van der Waals surface area (Å²) in [5.41, 5.74) is 6.77. The zero-order valence-electron chi connectivity index (χ0n) is 13.6. The molecular weight excluding hydrogens is 310 g/mol. The largest absolute Gasteiger partial charge is 0.459 e. The van der Waals surface area contributed by atoms with Crippen LogP contribution in [0.3, 0.4) is 0 Å². The first-order valence-corrected chi connectivity index (χ1v) is 8.95.